The van der Waals surface area contributed by atoms with Gasteiger partial charge in [0.15, 0.2) is 17.0 Å². The van der Waals surface area contributed by atoms with E-state index in [1.54, 1.807) is 17.1 Å². The van der Waals surface area contributed by atoms with E-state index in [0.29, 0.717) is 25.1 Å². The molecular weight excluding hydrogens is 432 g/mol. The third-order valence-electron chi connectivity index (χ3n) is 6.64. The third-order valence-corrected chi connectivity index (χ3v) is 6.64. The van der Waals surface area contributed by atoms with Gasteiger partial charge < -0.3 is 18.9 Å². The van der Waals surface area contributed by atoms with E-state index in [1.165, 1.54) is 0 Å². The number of hydrogen-bond donors (Lipinski definition) is 0. The average molecular weight is 461 g/mol. The first-order valence-electron chi connectivity index (χ1n) is 11.8. The number of hydrogen-bond acceptors (Lipinski definition) is 8. The van der Waals surface area contributed by atoms with Gasteiger partial charge in [-0.3, -0.25) is 4.98 Å². The van der Waals surface area contributed by atoms with Gasteiger partial charge in [-0.1, -0.05) is 0 Å². The van der Waals surface area contributed by atoms with Gasteiger partial charge >= 0.3 is 0 Å². The lowest BCUT2D eigenvalue weighted by atomic mass is 9.95. The highest BCUT2D eigenvalue weighted by atomic mass is 16.5. The van der Waals surface area contributed by atoms with Gasteiger partial charge in [-0.25, -0.2) is 9.67 Å². The molecule has 2 atom stereocenters. The minimum atomic E-state index is 0.230. The largest absolute Gasteiger partial charge is 0.378 e. The second-order valence-electron chi connectivity index (χ2n) is 8.94. The van der Waals surface area contributed by atoms with E-state index in [1.807, 2.05) is 24.4 Å². The van der Waals surface area contributed by atoms with Crippen molar-refractivity contribution in [2.24, 2.45) is 7.05 Å². The molecule has 2 fully saturated rings. The molecule has 2 aliphatic rings. The normalized spacial score (nSPS) is 21.3. The number of rotatable bonds is 4. The van der Waals surface area contributed by atoms with Crippen molar-refractivity contribution in [3.05, 3.63) is 42.6 Å². The fourth-order valence-corrected chi connectivity index (χ4v) is 4.85. The topological polar surface area (TPSA) is 96.0 Å². The van der Waals surface area contributed by atoms with Crippen LogP contribution >= 0.6 is 0 Å². The molecule has 0 bridgehead atoms. The van der Waals surface area contributed by atoms with E-state index in [-0.39, 0.29) is 6.10 Å². The molecule has 0 aromatic carbocycles. The standard InChI is InChI=1S/C24H28N8O2/c1-16-14-17(6-11-34-16)21-26-20-22(30(21)2)27-24(28-23(20)31-9-12-33-13-10-31)32-8-5-19(29-32)18-4-3-7-25-15-18/h3-5,7-8,15-17H,6,9-14H2,1-2H3/t16-,17?/m0/s1. The zero-order chi connectivity index (χ0) is 23.1. The van der Waals surface area contributed by atoms with Crippen LogP contribution < -0.4 is 4.90 Å². The molecule has 2 aliphatic heterocycles. The minimum Gasteiger partial charge on any atom is -0.378 e. The maximum absolute atomic E-state index is 5.77. The molecule has 4 aromatic heterocycles. The van der Waals surface area contributed by atoms with Crippen LogP contribution in [0, 0.1) is 0 Å². The molecule has 10 heteroatoms. The summed E-state index contributed by atoms with van der Waals surface area (Å²) in [7, 11) is 2.05. The second kappa shape index (κ2) is 8.77. The van der Waals surface area contributed by atoms with Gasteiger partial charge in [-0.2, -0.15) is 15.1 Å². The van der Waals surface area contributed by atoms with Crippen molar-refractivity contribution in [3.8, 4) is 17.2 Å². The van der Waals surface area contributed by atoms with Crippen molar-refractivity contribution in [2.75, 3.05) is 37.8 Å². The van der Waals surface area contributed by atoms with Gasteiger partial charge in [0.05, 0.1) is 25.0 Å². The first-order chi connectivity index (χ1) is 16.7. The Bertz CT molecular complexity index is 1300. The zero-order valence-electron chi connectivity index (χ0n) is 19.5. The molecule has 0 spiro atoms. The number of morpholine rings is 1. The molecule has 176 valence electrons. The second-order valence-corrected chi connectivity index (χ2v) is 8.94. The summed E-state index contributed by atoms with van der Waals surface area (Å²) in [6.07, 6.45) is 7.60. The summed E-state index contributed by atoms with van der Waals surface area (Å²) in [5, 5.41) is 4.74. The van der Waals surface area contributed by atoms with Crippen LogP contribution in [0.15, 0.2) is 36.8 Å². The van der Waals surface area contributed by atoms with Crippen LogP contribution in [0.1, 0.15) is 31.5 Å². The van der Waals surface area contributed by atoms with Gasteiger partial charge in [0, 0.05) is 56.8 Å². The molecule has 0 radical (unpaired) electrons. The maximum atomic E-state index is 5.77. The van der Waals surface area contributed by atoms with E-state index < -0.39 is 0 Å². The highest BCUT2D eigenvalue weighted by Gasteiger charge is 2.28. The predicted octanol–water partition coefficient (Wildman–Crippen LogP) is 2.73. The third kappa shape index (κ3) is 3.82. The lowest BCUT2D eigenvalue weighted by Crippen LogP contribution is -2.37. The van der Waals surface area contributed by atoms with E-state index in [9.17, 15) is 0 Å². The van der Waals surface area contributed by atoms with Crippen molar-refractivity contribution in [2.45, 2.75) is 31.8 Å². The number of imidazole rings is 1. The Balaban J connectivity index is 1.46. The highest BCUT2D eigenvalue weighted by Crippen LogP contribution is 2.33. The smallest absolute Gasteiger partial charge is 0.254 e. The van der Waals surface area contributed by atoms with Crippen LogP contribution in [0.2, 0.25) is 0 Å². The number of fused-ring (bicyclic) bond motifs is 1. The molecule has 6 rings (SSSR count). The van der Waals surface area contributed by atoms with Crippen LogP contribution in [-0.4, -0.2) is 73.3 Å². The Labute approximate surface area is 197 Å². The lowest BCUT2D eigenvalue weighted by Gasteiger charge is -2.28. The fraction of sp³-hybridized carbons (Fsp3) is 0.458. The Morgan fingerprint density at radius 2 is 1.94 bits per heavy atom. The number of ether oxygens (including phenoxy) is 2. The zero-order valence-corrected chi connectivity index (χ0v) is 19.5. The first kappa shape index (κ1) is 21.2. The Hall–Kier alpha value is -3.37. The highest BCUT2D eigenvalue weighted by molar-refractivity contribution is 5.85. The first-order valence-corrected chi connectivity index (χ1v) is 11.8. The maximum Gasteiger partial charge on any atom is 0.254 e. The van der Waals surface area contributed by atoms with Crippen LogP contribution in [-0.2, 0) is 16.5 Å². The fourth-order valence-electron chi connectivity index (χ4n) is 4.85. The van der Waals surface area contributed by atoms with Gasteiger partial charge in [0.1, 0.15) is 5.82 Å². The van der Waals surface area contributed by atoms with Crippen LogP contribution in [0.3, 0.4) is 0 Å². The summed E-state index contributed by atoms with van der Waals surface area (Å²) in [6.45, 7) is 5.77. The number of aromatic nitrogens is 7. The van der Waals surface area contributed by atoms with Crippen LogP contribution in [0.4, 0.5) is 5.82 Å². The monoisotopic (exact) mass is 460 g/mol. The Kier molecular flexibility index (Phi) is 5.46. The summed E-state index contributed by atoms with van der Waals surface area (Å²) in [5.41, 5.74) is 3.43. The average Bonchev–Trinajstić information content (AvgIpc) is 3.50. The number of nitrogens with zero attached hydrogens (tertiary/aromatic N) is 8. The molecular formula is C24H28N8O2. The molecule has 0 N–H and O–H groups in total. The lowest BCUT2D eigenvalue weighted by molar-refractivity contribution is 0.0169. The van der Waals surface area contributed by atoms with E-state index in [4.69, 9.17) is 29.5 Å². The van der Waals surface area contributed by atoms with Crippen molar-refractivity contribution in [1.82, 2.24) is 34.3 Å². The molecule has 2 saturated heterocycles. The predicted molar refractivity (Wildman–Crippen MR) is 127 cm³/mol. The van der Waals surface area contributed by atoms with Gasteiger partial charge in [0.25, 0.3) is 5.95 Å². The van der Waals surface area contributed by atoms with Crippen molar-refractivity contribution in [3.63, 3.8) is 0 Å². The van der Waals surface area contributed by atoms with Gasteiger partial charge in [-0.05, 0) is 38.0 Å². The van der Waals surface area contributed by atoms with Gasteiger partial charge in [-0.15, -0.1) is 0 Å². The number of aryl methyl sites for hydroxylation is 1. The van der Waals surface area contributed by atoms with E-state index in [0.717, 1.165) is 66.6 Å². The number of pyridine rings is 1. The molecule has 6 heterocycles. The summed E-state index contributed by atoms with van der Waals surface area (Å²) in [5.74, 6) is 2.75. The minimum absolute atomic E-state index is 0.230. The van der Waals surface area contributed by atoms with Crippen molar-refractivity contribution >= 4 is 17.0 Å². The quantitative estimate of drug-likeness (QED) is 0.459. The summed E-state index contributed by atoms with van der Waals surface area (Å²) >= 11 is 0. The SMILES string of the molecule is C[C@H]1CC(c2nc3c(N4CCOCC4)nc(-n4ccc(-c5cccnc5)n4)nc3n2C)CCO1. The Morgan fingerprint density at radius 3 is 2.74 bits per heavy atom. The number of anilines is 1. The summed E-state index contributed by atoms with van der Waals surface area (Å²) in [4.78, 5) is 21.4. The molecule has 34 heavy (non-hydrogen) atoms. The molecule has 0 amide bonds. The molecule has 0 saturated carbocycles. The Morgan fingerprint density at radius 1 is 1.06 bits per heavy atom. The van der Waals surface area contributed by atoms with Crippen LogP contribution in [0.25, 0.3) is 28.4 Å². The molecule has 0 aliphatic carbocycles. The summed E-state index contributed by atoms with van der Waals surface area (Å²) < 4.78 is 15.2. The van der Waals surface area contributed by atoms with Crippen LogP contribution in [0.5, 0.6) is 0 Å². The van der Waals surface area contributed by atoms with E-state index in [2.05, 4.69) is 28.4 Å². The van der Waals surface area contributed by atoms with Crippen molar-refractivity contribution in [1.29, 1.82) is 0 Å². The van der Waals surface area contributed by atoms with Gasteiger partial charge in [0.2, 0.25) is 0 Å². The molecule has 1 unspecified atom stereocenters. The molecule has 4 aromatic rings. The molecule has 10 nitrogen and oxygen atoms in total. The summed E-state index contributed by atoms with van der Waals surface area (Å²) in [6, 6.07) is 5.85. The van der Waals surface area contributed by atoms with E-state index >= 15 is 0 Å². The van der Waals surface area contributed by atoms with Crippen molar-refractivity contribution < 1.29 is 9.47 Å².